The van der Waals surface area contributed by atoms with Crippen molar-refractivity contribution in [2.24, 2.45) is 5.92 Å². The third-order valence-corrected chi connectivity index (χ3v) is 2.54. The highest BCUT2D eigenvalue weighted by Gasteiger charge is 2.19. The molecular formula is C14H19NO3. The molecule has 0 bridgehead atoms. The lowest BCUT2D eigenvalue weighted by molar-refractivity contribution is -0.156. The molecule has 1 aromatic carbocycles. The Morgan fingerprint density at radius 1 is 1.17 bits per heavy atom. The molecule has 0 aromatic heterocycles. The van der Waals surface area contributed by atoms with Crippen LogP contribution in [-0.2, 0) is 14.3 Å². The largest absolute Gasteiger partial charge is 0.452 e. The highest BCUT2D eigenvalue weighted by Crippen LogP contribution is 2.14. The number of carbonyl (C=O) groups is 2. The summed E-state index contributed by atoms with van der Waals surface area (Å²) in [5.41, 5.74) is 1.70. The Morgan fingerprint density at radius 2 is 1.78 bits per heavy atom. The van der Waals surface area contributed by atoms with Gasteiger partial charge in [-0.15, -0.1) is 0 Å². The van der Waals surface area contributed by atoms with Gasteiger partial charge in [0, 0.05) is 5.69 Å². The Bertz CT molecular complexity index is 440. The molecule has 1 atom stereocenters. The van der Waals surface area contributed by atoms with Crippen molar-refractivity contribution in [3.05, 3.63) is 29.8 Å². The van der Waals surface area contributed by atoms with Gasteiger partial charge in [-0.25, -0.2) is 0 Å². The molecule has 0 aliphatic rings. The van der Waals surface area contributed by atoms with E-state index >= 15 is 0 Å². The summed E-state index contributed by atoms with van der Waals surface area (Å²) in [5.74, 6) is -0.931. The molecule has 0 spiro atoms. The van der Waals surface area contributed by atoms with E-state index < -0.39 is 6.10 Å². The van der Waals surface area contributed by atoms with Crippen LogP contribution in [0.15, 0.2) is 24.3 Å². The van der Waals surface area contributed by atoms with Crippen LogP contribution in [-0.4, -0.2) is 18.0 Å². The van der Waals surface area contributed by atoms with Gasteiger partial charge in [-0.05, 0) is 25.5 Å². The van der Waals surface area contributed by atoms with Crippen molar-refractivity contribution in [2.45, 2.75) is 33.8 Å². The molecule has 1 N–H and O–H groups in total. The van der Waals surface area contributed by atoms with E-state index in [0.29, 0.717) is 0 Å². The quantitative estimate of drug-likeness (QED) is 0.834. The minimum absolute atomic E-state index is 0.237. The molecule has 0 radical (unpaired) electrons. The van der Waals surface area contributed by atoms with Crippen LogP contribution in [0.5, 0.6) is 0 Å². The van der Waals surface area contributed by atoms with Crippen LogP contribution in [0.2, 0.25) is 0 Å². The smallest absolute Gasteiger partial charge is 0.309 e. The lowest BCUT2D eigenvalue weighted by Crippen LogP contribution is -2.31. The van der Waals surface area contributed by atoms with Gasteiger partial charge in [0.25, 0.3) is 5.91 Å². The number of rotatable bonds is 4. The van der Waals surface area contributed by atoms with Crippen LogP contribution >= 0.6 is 0 Å². The van der Waals surface area contributed by atoms with Gasteiger partial charge in [0.2, 0.25) is 0 Å². The highest BCUT2D eigenvalue weighted by molar-refractivity contribution is 5.95. The number of carbonyl (C=O) groups excluding carboxylic acids is 2. The first kappa shape index (κ1) is 14.2. The molecule has 4 nitrogen and oxygen atoms in total. The minimum atomic E-state index is -0.792. The molecule has 18 heavy (non-hydrogen) atoms. The standard InChI is InChI=1S/C14H19NO3/c1-9(2)14(17)18-11(4)13(16)15-12-8-6-5-7-10(12)3/h5-9,11H,1-4H3,(H,15,16). The fourth-order valence-corrected chi connectivity index (χ4v) is 1.31. The van der Waals surface area contributed by atoms with Gasteiger partial charge < -0.3 is 10.1 Å². The molecule has 0 aliphatic heterocycles. The zero-order valence-electron chi connectivity index (χ0n) is 11.2. The van der Waals surface area contributed by atoms with E-state index in [-0.39, 0.29) is 17.8 Å². The van der Waals surface area contributed by atoms with E-state index in [9.17, 15) is 9.59 Å². The minimum Gasteiger partial charge on any atom is -0.452 e. The van der Waals surface area contributed by atoms with Crippen LogP contribution in [0.1, 0.15) is 26.3 Å². The summed E-state index contributed by atoms with van der Waals surface area (Å²) in [7, 11) is 0. The molecule has 4 heteroatoms. The summed E-state index contributed by atoms with van der Waals surface area (Å²) in [6.07, 6.45) is -0.792. The summed E-state index contributed by atoms with van der Waals surface area (Å²) in [4.78, 5) is 23.2. The Morgan fingerprint density at radius 3 is 2.33 bits per heavy atom. The maximum absolute atomic E-state index is 11.8. The number of hydrogen-bond donors (Lipinski definition) is 1. The number of esters is 1. The number of aryl methyl sites for hydroxylation is 1. The van der Waals surface area contributed by atoms with E-state index in [2.05, 4.69) is 5.32 Å². The SMILES string of the molecule is Cc1ccccc1NC(=O)C(C)OC(=O)C(C)C. The Hall–Kier alpha value is -1.84. The first-order valence-electron chi connectivity index (χ1n) is 5.98. The lowest BCUT2D eigenvalue weighted by atomic mass is 10.2. The second kappa shape index (κ2) is 6.19. The molecule has 1 aromatic rings. The predicted molar refractivity (Wildman–Crippen MR) is 70.2 cm³/mol. The zero-order chi connectivity index (χ0) is 13.7. The van der Waals surface area contributed by atoms with E-state index in [4.69, 9.17) is 4.74 Å². The normalized spacial score (nSPS) is 12.1. The van der Waals surface area contributed by atoms with Crippen molar-refractivity contribution in [3.63, 3.8) is 0 Å². The second-order valence-corrected chi connectivity index (χ2v) is 4.54. The molecule has 98 valence electrons. The number of ether oxygens (including phenoxy) is 1. The number of para-hydroxylation sites is 1. The van der Waals surface area contributed by atoms with Gasteiger partial charge >= 0.3 is 5.97 Å². The Labute approximate surface area is 107 Å². The van der Waals surface area contributed by atoms with Gasteiger partial charge in [-0.1, -0.05) is 32.0 Å². The van der Waals surface area contributed by atoms with Crippen LogP contribution in [0.3, 0.4) is 0 Å². The third-order valence-electron chi connectivity index (χ3n) is 2.54. The monoisotopic (exact) mass is 249 g/mol. The van der Waals surface area contributed by atoms with Gasteiger partial charge in [0.15, 0.2) is 6.10 Å². The first-order chi connectivity index (χ1) is 8.41. The number of amides is 1. The number of hydrogen-bond acceptors (Lipinski definition) is 3. The topological polar surface area (TPSA) is 55.4 Å². The molecule has 0 fully saturated rings. The third kappa shape index (κ3) is 3.87. The van der Waals surface area contributed by atoms with Gasteiger partial charge in [-0.3, -0.25) is 9.59 Å². The lowest BCUT2D eigenvalue weighted by Gasteiger charge is -2.15. The van der Waals surface area contributed by atoms with Crippen molar-refractivity contribution in [1.29, 1.82) is 0 Å². The summed E-state index contributed by atoms with van der Waals surface area (Å²) in [5, 5.41) is 2.74. The van der Waals surface area contributed by atoms with Crippen LogP contribution in [0.25, 0.3) is 0 Å². The van der Waals surface area contributed by atoms with Crippen molar-refractivity contribution < 1.29 is 14.3 Å². The molecule has 0 heterocycles. The van der Waals surface area contributed by atoms with Crippen molar-refractivity contribution in [2.75, 3.05) is 5.32 Å². The van der Waals surface area contributed by atoms with Crippen molar-refractivity contribution in [3.8, 4) is 0 Å². The van der Waals surface area contributed by atoms with Crippen LogP contribution < -0.4 is 5.32 Å². The molecule has 1 amide bonds. The fraction of sp³-hybridized carbons (Fsp3) is 0.429. The Kier molecular flexibility index (Phi) is 4.89. The van der Waals surface area contributed by atoms with Gasteiger partial charge in [-0.2, -0.15) is 0 Å². The van der Waals surface area contributed by atoms with E-state index in [1.54, 1.807) is 20.8 Å². The summed E-state index contributed by atoms with van der Waals surface area (Å²) in [6, 6.07) is 7.45. The molecule has 0 aliphatic carbocycles. The van der Waals surface area contributed by atoms with Crippen LogP contribution in [0, 0.1) is 12.8 Å². The molecular weight excluding hydrogens is 230 g/mol. The van der Waals surface area contributed by atoms with Crippen LogP contribution in [0.4, 0.5) is 5.69 Å². The average Bonchev–Trinajstić information content (AvgIpc) is 2.31. The van der Waals surface area contributed by atoms with Gasteiger partial charge in [0.1, 0.15) is 0 Å². The van der Waals surface area contributed by atoms with Crippen molar-refractivity contribution >= 4 is 17.6 Å². The highest BCUT2D eigenvalue weighted by atomic mass is 16.5. The first-order valence-corrected chi connectivity index (χ1v) is 5.98. The summed E-state index contributed by atoms with van der Waals surface area (Å²) in [6.45, 7) is 6.93. The zero-order valence-corrected chi connectivity index (χ0v) is 11.2. The molecule has 1 unspecified atom stereocenters. The van der Waals surface area contributed by atoms with E-state index in [0.717, 1.165) is 11.3 Å². The molecule has 0 saturated heterocycles. The maximum atomic E-state index is 11.8. The number of benzene rings is 1. The van der Waals surface area contributed by atoms with E-state index in [1.807, 2.05) is 31.2 Å². The summed E-state index contributed by atoms with van der Waals surface area (Å²) < 4.78 is 5.03. The molecule has 1 rings (SSSR count). The second-order valence-electron chi connectivity index (χ2n) is 4.54. The maximum Gasteiger partial charge on any atom is 0.309 e. The Balaban J connectivity index is 2.61. The van der Waals surface area contributed by atoms with Gasteiger partial charge in [0.05, 0.1) is 5.92 Å². The average molecular weight is 249 g/mol. The predicted octanol–water partition coefficient (Wildman–Crippen LogP) is 2.52. The molecule has 0 saturated carbocycles. The van der Waals surface area contributed by atoms with E-state index in [1.165, 1.54) is 0 Å². The van der Waals surface area contributed by atoms with Crippen molar-refractivity contribution in [1.82, 2.24) is 0 Å². The summed E-state index contributed by atoms with van der Waals surface area (Å²) >= 11 is 0. The number of nitrogens with one attached hydrogen (secondary N) is 1. The number of anilines is 1. The fourth-order valence-electron chi connectivity index (χ4n) is 1.31.